The standard InChI is InChI=1S/C11H16N4O4/c1-2-19-10(17)7-3-5-15(6-4-7)9(16)8-12-11(18)14-13-8/h7H,2-6H2,1H3,(H2,12,13,14,18). The molecule has 0 radical (unpaired) electrons. The zero-order valence-electron chi connectivity index (χ0n) is 10.6. The predicted octanol–water partition coefficient (Wildman–Crippen LogP) is -0.487. The Labute approximate surface area is 109 Å². The highest BCUT2D eigenvalue weighted by atomic mass is 16.5. The lowest BCUT2D eigenvalue weighted by Crippen LogP contribution is -2.41. The SMILES string of the molecule is CCOC(=O)C1CCN(C(=O)c2n[nH]c(=O)[nH]2)CC1. The van der Waals surface area contributed by atoms with E-state index in [4.69, 9.17) is 4.74 Å². The molecule has 1 amide bonds. The average molecular weight is 268 g/mol. The molecule has 2 N–H and O–H groups in total. The van der Waals surface area contributed by atoms with Gasteiger partial charge in [-0.2, -0.15) is 0 Å². The second-order valence-corrected chi connectivity index (χ2v) is 4.34. The van der Waals surface area contributed by atoms with Crippen LogP contribution < -0.4 is 5.69 Å². The molecule has 1 saturated heterocycles. The number of likely N-dealkylation sites (tertiary alicyclic amines) is 1. The van der Waals surface area contributed by atoms with Crippen LogP contribution >= 0.6 is 0 Å². The molecular formula is C11H16N4O4. The number of nitrogens with zero attached hydrogens (tertiary/aromatic N) is 2. The first-order valence-electron chi connectivity index (χ1n) is 6.22. The minimum Gasteiger partial charge on any atom is -0.466 e. The Morgan fingerprint density at radius 3 is 2.63 bits per heavy atom. The summed E-state index contributed by atoms with van der Waals surface area (Å²) in [5.74, 6) is -0.690. The van der Waals surface area contributed by atoms with Crippen molar-refractivity contribution >= 4 is 11.9 Å². The minimum absolute atomic E-state index is 0.000385. The van der Waals surface area contributed by atoms with Crippen LogP contribution in [0.3, 0.4) is 0 Å². The molecule has 0 unspecified atom stereocenters. The van der Waals surface area contributed by atoms with Crippen molar-refractivity contribution in [3.05, 3.63) is 16.3 Å². The van der Waals surface area contributed by atoms with Crippen LogP contribution in [-0.4, -0.2) is 51.7 Å². The quantitative estimate of drug-likeness (QED) is 0.719. The molecule has 2 heterocycles. The number of carbonyl (C=O) groups is 2. The van der Waals surface area contributed by atoms with Crippen LogP contribution in [0.1, 0.15) is 30.4 Å². The molecule has 0 atom stereocenters. The number of piperidine rings is 1. The lowest BCUT2D eigenvalue weighted by Gasteiger charge is -2.30. The molecule has 0 saturated carbocycles. The zero-order valence-corrected chi connectivity index (χ0v) is 10.6. The molecule has 1 fully saturated rings. The Kier molecular flexibility index (Phi) is 3.98. The lowest BCUT2D eigenvalue weighted by molar-refractivity contribution is -0.149. The molecule has 2 rings (SSSR count). The van der Waals surface area contributed by atoms with E-state index in [0.29, 0.717) is 32.5 Å². The molecule has 8 nitrogen and oxygen atoms in total. The first-order valence-corrected chi connectivity index (χ1v) is 6.22. The molecule has 1 aromatic rings. The molecule has 0 aromatic carbocycles. The van der Waals surface area contributed by atoms with Gasteiger partial charge in [-0.3, -0.25) is 14.6 Å². The molecule has 0 aliphatic carbocycles. The minimum atomic E-state index is -0.509. The van der Waals surface area contributed by atoms with E-state index in [0.717, 1.165) is 0 Å². The highest BCUT2D eigenvalue weighted by Gasteiger charge is 2.29. The number of hydrogen-bond donors (Lipinski definition) is 2. The van der Waals surface area contributed by atoms with Gasteiger partial charge in [-0.25, -0.2) is 9.89 Å². The summed E-state index contributed by atoms with van der Waals surface area (Å²) in [6.07, 6.45) is 1.14. The molecular weight excluding hydrogens is 252 g/mol. The number of carbonyl (C=O) groups excluding carboxylic acids is 2. The molecule has 8 heteroatoms. The molecule has 1 aliphatic heterocycles. The van der Waals surface area contributed by atoms with Crippen LogP contribution in [0.2, 0.25) is 0 Å². The van der Waals surface area contributed by atoms with Crippen LogP contribution in [-0.2, 0) is 9.53 Å². The van der Waals surface area contributed by atoms with Crippen molar-refractivity contribution in [1.82, 2.24) is 20.1 Å². The number of esters is 1. The van der Waals surface area contributed by atoms with E-state index in [1.54, 1.807) is 11.8 Å². The summed E-state index contributed by atoms with van der Waals surface area (Å²) in [6.45, 7) is 3.05. The van der Waals surface area contributed by atoms with Gasteiger partial charge in [0.1, 0.15) is 0 Å². The topological polar surface area (TPSA) is 108 Å². The largest absolute Gasteiger partial charge is 0.466 e. The normalized spacial score (nSPS) is 16.4. The van der Waals surface area contributed by atoms with Gasteiger partial charge in [0.15, 0.2) is 0 Å². The molecule has 19 heavy (non-hydrogen) atoms. The smallest absolute Gasteiger partial charge is 0.341 e. The van der Waals surface area contributed by atoms with Crippen molar-refractivity contribution < 1.29 is 14.3 Å². The fourth-order valence-electron chi connectivity index (χ4n) is 2.10. The van der Waals surface area contributed by atoms with Crippen LogP contribution in [0.5, 0.6) is 0 Å². The summed E-state index contributed by atoms with van der Waals surface area (Å²) in [6, 6.07) is 0. The predicted molar refractivity (Wildman–Crippen MR) is 64.5 cm³/mol. The van der Waals surface area contributed by atoms with Crippen molar-refractivity contribution in [3.63, 3.8) is 0 Å². The second-order valence-electron chi connectivity index (χ2n) is 4.34. The van der Waals surface area contributed by atoms with Gasteiger partial charge in [-0.05, 0) is 19.8 Å². The Balaban J connectivity index is 1.91. The Bertz CT molecular complexity index is 513. The number of ether oxygens (including phenoxy) is 1. The maximum Gasteiger partial charge on any atom is 0.341 e. The number of hydrogen-bond acceptors (Lipinski definition) is 5. The molecule has 1 aliphatic rings. The van der Waals surface area contributed by atoms with E-state index in [2.05, 4.69) is 15.2 Å². The monoisotopic (exact) mass is 268 g/mol. The van der Waals surface area contributed by atoms with Gasteiger partial charge in [0.05, 0.1) is 12.5 Å². The van der Waals surface area contributed by atoms with E-state index in [1.807, 2.05) is 0 Å². The van der Waals surface area contributed by atoms with Crippen molar-refractivity contribution in [2.75, 3.05) is 19.7 Å². The third-order valence-electron chi connectivity index (χ3n) is 3.11. The van der Waals surface area contributed by atoms with Gasteiger partial charge in [-0.15, -0.1) is 5.10 Å². The summed E-state index contributed by atoms with van der Waals surface area (Å²) in [5.41, 5.74) is -0.509. The highest BCUT2D eigenvalue weighted by molar-refractivity contribution is 5.90. The summed E-state index contributed by atoms with van der Waals surface area (Å²) in [7, 11) is 0. The van der Waals surface area contributed by atoms with Gasteiger partial charge < -0.3 is 9.64 Å². The maximum absolute atomic E-state index is 12.0. The Morgan fingerprint density at radius 2 is 2.11 bits per heavy atom. The van der Waals surface area contributed by atoms with Crippen molar-refractivity contribution in [1.29, 1.82) is 0 Å². The van der Waals surface area contributed by atoms with Gasteiger partial charge in [0.25, 0.3) is 5.91 Å². The number of rotatable bonds is 3. The molecule has 0 spiro atoms. The second kappa shape index (κ2) is 5.68. The van der Waals surface area contributed by atoms with Crippen molar-refractivity contribution in [2.45, 2.75) is 19.8 Å². The summed E-state index contributed by atoms with van der Waals surface area (Å²) in [5, 5.41) is 5.75. The van der Waals surface area contributed by atoms with Gasteiger partial charge in [0.2, 0.25) is 5.82 Å². The maximum atomic E-state index is 12.0. The number of nitrogens with one attached hydrogen (secondary N) is 2. The molecule has 0 bridgehead atoms. The third-order valence-corrected chi connectivity index (χ3v) is 3.11. The first-order chi connectivity index (χ1) is 9.11. The molecule has 1 aromatic heterocycles. The summed E-state index contributed by atoms with van der Waals surface area (Å²) >= 11 is 0. The van der Waals surface area contributed by atoms with Crippen LogP contribution in [0, 0.1) is 5.92 Å². The van der Waals surface area contributed by atoms with Crippen LogP contribution in [0.4, 0.5) is 0 Å². The van der Waals surface area contributed by atoms with E-state index in [-0.39, 0.29) is 23.6 Å². The number of aromatic amines is 2. The van der Waals surface area contributed by atoms with Crippen LogP contribution in [0.25, 0.3) is 0 Å². The van der Waals surface area contributed by atoms with Crippen LogP contribution in [0.15, 0.2) is 4.79 Å². The number of amides is 1. The van der Waals surface area contributed by atoms with Gasteiger partial charge >= 0.3 is 11.7 Å². The van der Waals surface area contributed by atoms with E-state index in [9.17, 15) is 14.4 Å². The van der Waals surface area contributed by atoms with Gasteiger partial charge in [0, 0.05) is 13.1 Å². The molecule has 104 valence electrons. The fraction of sp³-hybridized carbons (Fsp3) is 0.636. The first kappa shape index (κ1) is 13.3. The summed E-state index contributed by atoms with van der Waals surface area (Å²) < 4.78 is 4.96. The van der Waals surface area contributed by atoms with E-state index in [1.165, 1.54) is 0 Å². The highest BCUT2D eigenvalue weighted by Crippen LogP contribution is 2.19. The Morgan fingerprint density at radius 1 is 1.42 bits per heavy atom. The summed E-state index contributed by atoms with van der Waals surface area (Å²) in [4.78, 5) is 38.3. The van der Waals surface area contributed by atoms with Crippen molar-refractivity contribution in [3.8, 4) is 0 Å². The van der Waals surface area contributed by atoms with E-state index < -0.39 is 5.69 Å². The van der Waals surface area contributed by atoms with Crippen molar-refractivity contribution in [2.24, 2.45) is 5.92 Å². The fourth-order valence-corrected chi connectivity index (χ4v) is 2.10. The zero-order chi connectivity index (χ0) is 13.8. The number of aromatic nitrogens is 3. The van der Waals surface area contributed by atoms with Gasteiger partial charge in [-0.1, -0.05) is 0 Å². The lowest BCUT2D eigenvalue weighted by atomic mass is 9.97. The third kappa shape index (κ3) is 3.01. The van der Waals surface area contributed by atoms with E-state index >= 15 is 0 Å². The Hall–Kier alpha value is -2.12. The average Bonchev–Trinajstić information content (AvgIpc) is 2.85. The number of H-pyrrole nitrogens is 2.